The van der Waals surface area contributed by atoms with Gasteiger partial charge in [-0.05, 0) is 48.0 Å². The molecule has 3 aromatic rings. The second-order valence-electron chi connectivity index (χ2n) is 6.96. The minimum Gasteiger partial charge on any atom is -0.467 e. The van der Waals surface area contributed by atoms with Crippen LogP contribution < -0.4 is 10.0 Å². The number of amides is 2. The number of nitrogens with one attached hydrogen (secondary N) is 2. The summed E-state index contributed by atoms with van der Waals surface area (Å²) in [6.45, 7) is 0.111. The van der Waals surface area contributed by atoms with E-state index in [4.69, 9.17) is 4.42 Å². The molecule has 2 aromatic carbocycles. The van der Waals surface area contributed by atoms with E-state index in [-0.39, 0.29) is 24.9 Å². The lowest BCUT2D eigenvalue weighted by atomic mass is 10.2. The van der Waals surface area contributed by atoms with E-state index in [0.717, 1.165) is 11.0 Å². The Balaban J connectivity index is 1.54. The highest BCUT2D eigenvalue weighted by Gasteiger charge is 2.15. The zero-order valence-corrected chi connectivity index (χ0v) is 18.2. The number of carbonyl (C=O) groups is 2. The van der Waals surface area contributed by atoms with Crippen molar-refractivity contribution in [1.82, 2.24) is 10.2 Å². The van der Waals surface area contributed by atoms with Crippen LogP contribution in [0.15, 0.2) is 82.8 Å². The molecular weight excluding hydrogens is 430 g/mol. The van der Waals surface area contributed by atoms with Crippen molar-refractivity contribution in [2.45, 2.75) is 6.54 Å². The molecule has 0 aliphatic heterocycles. The number of hydrogen-bond donors (Lipinski definition) is 2. The van der Waals surface area contributed by atoms with Crippen molar-refractivity contribution in [3.05, 3.63) is 95.3 Å². The van der Waals surface area contributed by atoms with Gasteiger partial charge in [-0.3, -0.25) is 14.3 Å². The number of rotatable bonds is 9. The van der Waals surface area contributed by atoms with Crippen LogP contribution in [0.5, 0.6) is 0 Å². The number of furan rings is 1. The smallest absolute Gasteiger partial charge is 0.255 e. The van der Waals surface area contributed by atoms with E-state index in [9.17, 15) is 18.0 Å². The van der Waals surface area contributed by atoms with Gasteiger partial charge >= 0.3 is 0 Å². The monoisotopic (exact) mass is 453 g/mol. The number of carbonyl (C=O) groups excluding carboxylic acids is 2. The Bertz CT molecular complexity index is 1170. The lowest BCUT2D eigenvalue weighted by Gasteiger charge is -2.17. The van der Waals surface area contributed by atoms with Gasteiger partial charge in [0.1, 0.15) is 5.76 Å². The van der Waals surface area contributed by atoms with Crippen LogP contribution in [0.25, 0.3) is 6.08 Å². The maximum Gasteiger partial charge on any atom is 0.255 e. The Labute approximate surface area is 186 Å². The van der Waals surface area contributed by atoms with E-state index in [0.29, 0.717) is 17.0 Å². The van der Waals surface area contributed by atoms with Crippen molar-refractivity contribution in [2.75, 3.05) is 18.3 Å². The number of anilines is 1. The Morgan fingerprint density at radius 1 is 1.00 bits per heavy atom. The summed E-state index contributed by atoms with van der Waals surface area (Å²) in [7, 11) is -2.20. The summed E-state index contributed by atoms with van der Waals surface area (Å²) < 4.78 is 32.1. The van der Waals surface area contributed by atoms with Crippen LogP contribution in [0.1, 0.15) is 21.7 Å². The zero-order chi connectivity index (χ0) is 23.0. The number of nitrogens with zero attached hydrogens (tertiary/aromatic N) is 1. The molecule has 0 aliphatic carbocycles. The van der Waals surface area contributed by atoms with E-state index >= 15 is 0 Å². The Hall–Kier alpha value is -3.85. The quantitative estimate of drug-likeness (QED) is 0.518. The second-order valence-corrected chi connectivity index (χ2v) is 8.52. The maximum atomic E-state index is 12.5. The molecule has 0 saturated heterocycles. The predicted molar refractivity (Wildman–Crippen MR) is 122 cm³/mol. The molecule has 0 saturated carbocycles. The summed E-state index contributed by atoms with van der Waals surface area (Å²) in [5, 5.41) is 3.75. The maximum absolute atomic E-state index is 12.5. The summed E-state index contributed by atoms with van der Waals surface area (Å²) in [5.74, 6) is -0.0765. The molecule has 1 heterocycles. The molecule has 0 unspecified atom stereocenters. The van der Waals surface area contributed by atoms with Gasteiger partial charge in [0.15, 0.2) is 0 Å². The van der Waals surface area contributed by atoms with Crippen molar-refractivity contribution in [1.29, 1.82) is 0 Å². The molecule has 9 heteroatoms. The van der Waals surface area contributed by atoms with Gasteiger partial charge in [0.05, 0.1) is 24.8 Å². The van der Waals surface area contributed by atoms with Gasteiger partial charge in [0.2, 0.25) is 5.91 Å². The summed E-state index contributed by atoms with van der Waals surface area (Å²) >= 11 is 0. The lowest BCUT2D eigenvalue weighted by Crippen LogP contribution is -2.38. The molecule has 0 bridgehead atoms. The first-order valence-electron chi connectivity index (χ1n) is 9.73. The summed E-state index contributed by atoms with van der Waals surface area (Å²) in [4.78, 5) is 25.9. The Morgan fingerprint density at radius 2 is 1.72 bits per heavy atom. The summed E-state index contributed by atoms with van der Waals surface area (Å²) in [6.07, 6.45) is 3.01. The normalized spacial score (nSPS) is 11.3. The molecule has 0 spiro atoms. The van der Waals surface area contributed by atoms with Gasteiger partial charge < -0.3 is 14.6 Å². The molecular formula is C23H23N3O5S. The van der Waals surface area contributed by atoms with Gasteiger partial charge in [-0.2, -0.15) is 0 Å². The number of likely N-dealkylation sites (N-methyl/N-ethyl adjacent to an activating group) is 1. The third-order valence-corrected chi connectivity index (χ3v) is 5.41. The van der Waals surface area contributed by atoms with Crippen molar-refractivity contribution < 1.29 is 22.4 Å². The first-order valence-corrected chi connectivity index (χ1v) is 11.3. The fraction of sp³-hybridized carbons (Fsp3) is 0.130. The third kappa shape index (κ3) is 6.85. The van der Waals surface area contributed by atoms with E-state index < -0.39 is 10.0 Å². The topological polar surface area (TPSA) is 109 Å². The molecule has 2 N–H and O–H groups in total. The molecule has 0 radical (unpaired) electrons. The molecule has 166 valence electrons. The van der Waals surface area contributed by atoms with Crippen molar-refractivity contribution in [3.8, 4) is 0 Å². The van der Waals surface area contributed by atoms with E-state index in [1.165, 1.54) is 48.6 Å². The molecule has 32 heavy (non-hydrogen) atoms. The van der Waals surface area contributed by atoms with Crippen LogP contribution in [-0.4, -0.2) is 38.7 Å². The Morgan fingerprint density at radius 3 is 2.38 bits per heavy atom. The molecule has 8 nitrogen and oxygen atoms in total. The highest BCUT2D eigenvalue weighted by atomic mass is 32.2. The van der Waals surface area contributed by atoms with E-state index in [2.05, 4.69) is 10.0 Å². The minimum atomic E-state index is -3.71. The van der Waals surface area contributed by atoms with Crippen LogP contribution in [0.2, 0.25) is 0 Å². The van der Waals surface area contributed by atoms with E-state index in [1.807, 2.05) is 18.2 Å². The highest BCUT2D eigenvalue weighted by molar-refractivity contribution is 7.95. The van der Waals surface area contributed by atoms with Gasteiger partial charge in [0.25, 0.3) is 15.9 Å². The van der Waals surface area contributed by atoms with Crippen molar-refractivity contribution in [3.63, 3.8) is 0 Å². The molecule has 0 atom stereocenters. The average molecular weight is 454 g/mol. The fourth-order valence-corrected chi connectivity index (χ4v) is 3.64. The fourth-order valence-electron chi connectivity index (χ4n) is 2.77. The zero-order valence-electron chi connectivity index (χ0n) is 17.4. The van der Waals surface area contributed by atoms with Crippen LogP contribution in [0.3, 0.4) is 0 Å². The van der Waals surface area contributed by atoms with Crippen LogP contribution in [0.4, 0.5) is 5.69 Å². The van der Waals surface area contributed by atoms with Crippen LogP contribution in [0, 0.1) is 0 Å². The average Bonchev–Trinajstić information content (AvgIpc) is 3.31. The predicted octanol–water partition coefficient (Wildman–Crippen LogP) is 3.08. The first kappa shape index (κ1) is 22.8. The second kappa shape index (κ2) is 10.5. The number of sulfonamides is 1. The van der Waals surface area contributed by atoms with Crippen LogP contribution in [-0.2, 0) is 21.4 Å². The van der Waals surface area contributed by atoms with Crippen molar-refractivity contribution >= 4 is 33.6 Å². The molecule has 3 rings (SSSR count). The first-order chi connectivity index (χ1) is 15.3. The molecule has 0 fully saturated rings. The summed E-state index contributed by atoms with van der Waals surface area (Å²) in [5.41, 5.74) is 1.40. The van der Waals surface area contributed by atoms with Gasteiger partial charge in [0, 0.05) is 18.3 Å². The third-order valence-electron chi connectivity index (χ3n) is 4.40. The van der Waals surface area contributed by atoms with Crippen LogP contribution >= 0.6 is 0 Å². The van der Waals surface area contributed by atoms with Gasteiger partial charge in [-0.1, -0.05) is 30.3 Å². The number of hydrogen-bond acceptors (Lipinski definition) is 5. The molecule has 2 amide bonds. The minimum absolute atomic E-state index is 0.127. The van der Waals surface area contributed by atoms with Gasteiger partial charge in [-0.25, -0.2) is 8.42 Å². The Kier molecular flexibility index (Phi) is 7.45. The van der Waals surface area contributed by atoms with Crippen molar-refractivity contribution in [2.24, 2.45) is 0 Å². The standard InChI is InChI=1S/C23H23N3O5S/c1-26(17-22(27)24-16-21-8-5-14-31-21)23(28)19-9-11-20(12-10-19)25-32(29,30)15-13-18-6-3-2-4-7-18/h2-15,25H,16-17H2,1H3,(H,24,27)/b15-13+. The molecule has 0 aliphatic rings. The summed E-state index contributed by atoms with van der Waals surface area (Å²) in [6, 6.07) is 18.5. The van der Waals surface area contributed by atoms with Gasteiger partial charge in [-0.15, -0.1) is 0 Å². The SMILES string of the molecule is CN(CC(=O)NCc1ccco1)C(=O)c1ccc(NS(=O)(=O)/C=C/c2ccccc2)cc1. The lowest BCUT2D eigenvalue weighted by molar-refractivity contribution is -0.121. The van der Waals surface area contributed by atoms with E-state index in [1.54, 1.807) is 24.3 Å². The largest absolute Gasteiger partial charge is 0.467 e. The number of benzene rings is 2. The highest BCUT2D eigenvalue weighted by Crippen LogP contribution is 2.14. The molecule has 1 aromatic heterocycles.